The highest BCUT2D eigenvalue weighted by Gasteiger charge is 2.43. The number of ether oxygens (including phenoxy) is 3. The minimum absolute atomic E-state index is 0.0180. The molecular formula is C11H18O4. The number of rotatable bonds is 4. The van der Waals surface area contributed by atoms with Gasteiger partial charge in [-0.15, -0.1) is 0 Å². The molecule has 4 heteroatoms. The molecule has 2 heterocycles. The van der Waals surface area contributed by atoms with Gasteiger partial charge in [0.1, 0.15) is 6.10 Å². The Morgan fingerprint density at radius 2 is 2.33 bits per heavy atom. The molecule has 3 unspecified atom stereocenters. The summed E-state index contributed by atoms with van der Waals surface area (Å²) in [4.78, 5) is 11.4. The molecule has 0 aromatic heterocycles. The molecular weight excluding hydrogens is 196 g/mol. The first-order valence-electron chi connectivity index (χ1n) is 5.74. The van der Waals surface area contributed by atoms with Crippen molar-refractivity contribution in [1.82, 2.24) is 0 Å². The van der Waals surface area contributed by atoms with Crippen molar-refractivity contribution in [3.05, 3.63) is 0 Å². The van der Waals surface area contributed by atoms with Crippen molar-refractivity contribution >= 4 is 5.97 Å². The Morgan fingerprint density at radius 3 is 3.13 bits per heavy atom. The van der Waals surface area contributed by atoms with Gasteiger partial charge in [-0.2, -0.15) is 0 Å². The highest BCUT2D eigenvalue weighted by molar-refractivity contribution is 5.69. The summed E-state index contributed by atoms with van der Waals surface area (Å²) >= 11 is 0. The van der Waals surface area contributed by atoms with Crippen molar-refractivity contribution in [2.75, 3.05) is 13.2 Å². The SMILES string of the molecule is CCCCC(=O)OC1COC2CCOC21. The summed E-state index contributed by atoms with van der Waals surface area (Å²) in [5.74, 6) is -0.124. The van der Waals surface area contributed by atoms with Gasteiger partial charge in [0.05, 0.1) is 12.7 Å². The first-order chi connectivity index (χ1) is 7.31. The molecule has 0 aliphatic carbocycles. The van der Waals surface area contributed by atoms with E-state index in [0.29, 0.717) is 13.0 Å². The van der Waals surface area contributed by atoms with Gasteiger partial charge in [-0.1, -0.05) is 13.3 Å². The second-order valence-corrected chi connectivity index (χ2v) is 4.13. The fourth-order valence-corrected chi connectivity index (χ4v) is 2.08. The van der Waals surface area contributed by atoms with E-state index in [4.69, 9.17) is 14.2 Å². The van der Waals surface area contributed by atoms with Crippen LogP contribution in [0.4, 0.5) is 0 Å². The molecule has 0 saturated carbocycles. The van der Waals surface area contributed by atoms with Gasteiger partial charge in [0.2, 0.25) is 0 Å². The van der Waals surface area contributed by atoms with Gasteiger partial charge < -0.3 is 14.2 Å². The van der Waals surface area contributed by atoms with Gasteiger partial charge in [-0.3, -0.25) is 4.79 Å². The molecule has 0 aromatic rings. The number of hydrogen-bond donors (Lipinski definition) is 0. The Bertz CT molecular complexity index is 229. The van der Waals surface area contributed by atoms with E-state index in [1.807, 2.05) is 0 Å². The van der Waals surface area contributed by atoms with Gasteiger partial charge in [0, 0.05) is 13.0 Å². The van der Waals surface area contributed by atoms with E-state index in [9.17, 15) is 4.79 Å². The lowest BCUT2D eigenvalue weighted by Crippen LogP contribution is -2.32. The normalized spacial score (nSPS) is 34.1. The van der Waals surface area contributed by atoms with Crippen molar-refractivity contribution in [2.24, 2.45) is 0 Å². The Morgan fingerprint density at radius 1 is 1.47 bits per heavy atom. The van der Waals surface area contributed by atoms with Crippen LogP contribution in [0.2, 0.25) is 0 Å². The maximum absolute atomic E-state index is 11.4. The fraction of sp³-hybridized carbons (Fsp3) is 0.909. The Hall–Kier alpha value is -0.610. The van der Waals surface area contributed by atoms with Crippen LogP contribution in [0.3, 0.4) is 0 Å². The number of esters is 1. The summed E-state index contributed by atoms with van der Waals surface area (Å²) in [7, 11) is 0. The molecule has 86 valence electrons. The van der Waals surface area contributed by atoms with E-state index >= 15 is 0 Å². The van der Waals surface area contributed by atoms with Crippen LogP contribution >= 0.6 is 0 Å². The molecule has 3 atom stereocenters. The summed E-state index contributed by atoms with van der Waals surface area (Å²) in [5.41, 5.74) is 0. The summed E-state index contributed by atoms with van der Waals surface area (Å²) in [6, 6.07) is 0. The summed E-state index contributed by atoms with van der Waals surface area (Å²) in [5, 5.41) is 0. The summed E-state index contributed by atoms with van der Waals surface area (Å²) < 4.78 is 16.3. The van der Waals surface area contributed by atoms with E-state index in [1.54, 1.807) is 0 Å². The van der Waals surface area contributed by atoms with Crippen molar-refractivity contribution in [3.8, 4) is 0 Å². The molecule has 0 bridgehead atoms. The monoisotopic (exact) mass is 214 g/mol. The minimum Gasteiger partial charge on any atom is -0.457 e. The number of carbonyl (C=O) groups is 1. The van der Waals surface area contributed by atoms with Crippen LogP contribution in [-0.2, 0) is 19.0 Å². The van der Waals surface area contributed by atoms with E-state index in [-0.39, 0.29) is 24.3 Å². The fourth-order valence-electron chi connectivity index (χ4n) is 2.08. The highest BCUT2D eigenvalue weighted by Crippen LogP contribution is 2.28. The van der Waals surface area contributed by atoms with Crippen molar-refractivity contribution in [1.29, 1.82) is 0 Å². The van der Waals surface area contributed by atoms with Crippen molar-refractivity contribution in [3.63, 3.8) is 0 Å². The summed E-state index contributed by atoms with van der Waals surface area (Å²) in [6.07, 6.45) is 3.28. The van der Waals surface area contributed by atoms with E-state index in [2.05, 4.69) is 6.92 Å². The molecule has 0 spiro atoms. The molecule has 15 heavy (non-hydrogen) atoms. The highest BCUT2D eigenvalue weighted by atomic mass is 16.6. The van der Waals surface area contributed by atoms with E-state index < -0.39 is 0 Å². The van der Waals surface area contributed by atoms with Gasteiger partial charge in [-0.25, -0.2) is 0 Å². The molecule has 2 rings (SSSR count). The predicted molar refractivity (Wildman–Crippen MR) is 53.5 cm³/mol. The van der Waals surface area contributed by atoms with E-state index in [0.717, 1.165) is 25.9 Å². The molecule has 2 aliphatic heterocycles. The van der Waals surface area contributed by atoms with Crippen LogP contribution in [0.1, 0.15) is 32.6 Å². The number of hydrogen-bond acceptors (Lipinski definition) is 4. The maximum atomic E-state index is 11.4. The number of unbranched alkanes of at least 4 members (excludes halogenated alkanes) is 1. The molecule has 0 N–H and O–H groups in total. The average Bonchev–Trinajstić information content (AvgIpc) is 2.80. The largest absolute Gasteiger partial charge is 0.457 e. The maximum Gasteiger partial charge on any atom is 0.306 e. The predicted octanol–water partition coefficient (Wildman–Crippen LogP) is 1.28. The van der Waals surface area contributed by atoms with Gasteiger partial charge in [0.15, 0.2) is 6.10 Å². The lowest BCUT2D eigenvalue weighted by atomic mass is 10.1. The molecule has 0 aromatic carbocycles. The molecule has 4 nitrogen and oxygen atoms in total. The zero-order valence-electron chi connectivity index (χ0n) is 9.11. The topological polar surface area (TPSA) is 44.8 Å². The Labute approximate surface area is 89.9 Å². The Balaban J connectivity index is 1.77. The number of fused-ring (bicyclic) bond motifs is 1. The minimum atomic E-state index is -0.179. The third kappa shape index (κ3) is 2.49. The molecule has 2 aliphatic rings. The summed E-state index contributed by atoms with van der Waals surface area (Å²) in [6.45, 7) is 3.27. The van der Waals surface area contributed by atoms with Crippen LogP contribution in [0.25, 0.3) is 0 Å². The first-order valence-corrected chi connectivity index (χ1v) is 5.74. The smallest absolute Gasteiger partial charge is 0.306 e. The van der Waals surface area contributed by atoms with Crippen LogP contribution in [-0.4, -0.2) is 37.5 Å². The Kier molecular flexibility index (Phi) is 3.59. The van der Waals surface area contributed by atoms with E-state index in [1.165, 1.54) is 0 Å². The second-order valence-electron chi connectivity index (χ2n) is 4.13. The van der Waals surface area contributed by atoms with Crippen LogP contribution in [0.5, 0.6) is 0 Å². The van der Waals surface area contributed by atoms with Crippen LogP contribution in [0, 0.1) is 0 Å². The first kappa shape index (κ1) is 10.9. The number of carbonyl (C=O) groups excluding carboxylic acids is 1. The second kappa shape index (κ2) is 4.94. The molecule has 0 radical (unpaired) electrons. The van der Waals surface area contributed by atoms with Gasteiger partial charge in [-0.05, 0) is 12.8 Å². The lowest BCUT2D eigenvalue weighted by Gasteiger charge is -2.16. The molecule has 2 fully saturated rings. The molecule has 0 amide bonds. The zero-order chi connectivity index (χ0) is 10.7. The standard InChI is InChI=1S/C11H18O4/c1-2-3-4-10(12)15-9-7-14-8-5-6-13-11(8)9/h8-9,11H,2-7H2,1H3. The molecule has 2 saturated heterocycles. The van der Waals surface area contributed by atoms with Crippen LogP contribution < -0.4 is 0 Å². The van der Waals surface area contributed by atoms with Crippen LogP contribution in [0.15, 0.2) is 0 Å². The zero-order valence-corrected chi connectivity index (χ0v) is 9.11. The average molecular weight is 214 g/mol. The van der Waals surface area contributed by atoms with Gasteiger partial charge in [0.25, 0.3) is 0 Å². The third-order valence-corrected chi connectivity index (χ3v) is 2.94. The van der Waals surface area contributed by atoms with Gasteiger partial charge >= 0.3 is 5.97 Å². The third-order valence-electron chi connectivity index (χ3n) is 2.94. The quantitative estimate of drug-likeness (QED) is 0.661. The lowest BCUT2D eigenvalue weighted by molar-refractivity contribution is -0.153. The van der Waals surface area contributed by atoms with Crippen molar-refractivity contribution in [2.45, 2.75) is 50.9 Å². The van der Waals surface area contributed by atoms with Crippen molar-refractivity contribution < 1.29 is 19.0 Å².